The highest BCUT2D eigenvalue weighted by molar-refractivity contribution is 5.85. The smallest absolute Gasteiger partial charge is 0.184 e. The topological polar surface area (TPSA) is 182 Å². The van der Waals surface area contributed by atoms with Gasteiger partial charge in [-0.25, -0.2) is 0 Å². The molecule has 0 amide bonds. The van der Waals surface area contributed by atoms with E-state index in [1.165, 1.54) is 0 Å². The van der Waals surface area contributed by atoms with Gasteiger partial charge in [-0.1, -0.05) is 0 Å². The molecule has 10 unspecified atom stereocenters. The third-order valence-corrected chi connectivity index (χ3v) is 6.17. The first kappa shape index (κ1) is 29.0. The predicted molar refractivity (Wildman–Crippen MR) is 117 cm³/mol. The summed E-state index contributed by atoms with van der Waals surface area (Å²) in [4.78, 5) is 0. The average Bonchev–Trinajstić information content (AvgIpc) is 3.21. The largest absolute Gasteiger partial charge is 0.387 e. The number of aliphatic hydroxyl groups excluding tert-OH is 6. The molecule has 0 spiro atoms. The molecule has 0 bridgehead atoms. The number of hydrogen-bond acceptors (Lipinski definition) is 12. The highest BCUT2D eigenvalue weighted by Gasteiger charge is 2.43. The van der Waals surface area contributed by atoms with Crippen LogP contribution in [0, 0.1) is 0 Å². The predicted octanol–water partition coefficient (Wildman–Crippen LogP) is -3.19. The van der Waals surface area contributed by atoms with Crippen molar-refractivity contribution in [2.75, 3.05) is 39.4 Å². The maximum atomic E-state index is 9.53. The molecule has 4 saturated heterocycles. The molecule has 4 fully saturated rings. The second kappa shape index (κ2) is 14.4. The van der Waals surface area contributed by atoms with Crippen LogP contribution in [0.5, 0.6) is 0 Å². The molecular formula is C20H39ClN2O10. The van der Waals surface area contributed by atoms with Crippen LogP contribution in [0.25, 0.3) is 0 Å². The highest BCUT2D eigenvalue weighted by atomic mass is 35.5. The van der Waals surface area contributed by atoms with Crippen LogP contribution in [-0.2, 0) is 18.9 Å². The van der Waals surface area contributed by atoms with Crippen molar-refractivity contribution in [3.05, 3.63) is 0 Å². The van der Waals surface area contributed by atoms with Crippen molar-refractivity contribution in [2.45, 2.75) is 87.1 Å². The Balaban J connectivity index is 0.000000227. The molecular weight excluding hydrogens is 464 g/mol. The Kier molecular flexibility index (Phi) is 12.7. The number of halogens is 1. The number of aliphatic hydroxyl groups is 6. The zero-order valence-electron chi connectivity index (χ0n) is 18.6. The van der Waals surface area contributed by atoms with E-state index in [2.05, 4.69) is 10.6 Å². The second-order valence-corrected chi connectivity index (χ2v) is 8.70. The standard InChI is InChI=1S/2C10H19NO5.ClH/c2*12-8-7(16-10(14)9(8)13)5-15-6-2-1-3-11-4-6;/h2*6-14H,1-5H2;1H. The van der Waals surface area contributed by atoms with Crippen molar-refractivity contribution in [1.29, 1.82) is 0 Å². The fourth-order valence-electron chi connectivity index (χ4n) is 4.12. The van der Waals surface area contributed by atoms with Gasteiger partial charge in [-0.05, 0) is 38.8 Å². The lowest BCUT2D eigenvalue weighted by Crippen LogP contribution is -2.39. The molecule has 0 saturated carbocycles. The average molecular weight is 503 g/mol. The summed E-state index contributed by atoms with van der Waals surface area (Å²) in [5, 5.41) is 62.4. The van der Waals surface area contributed by atoms with Gasteiger partial charge in [0, 0.05) is 13.1 Å². The summed E-state index contributed by atoms with van der Waals surface area (Å²) in [6.07, 6.45) is -4.18. The molecule has 4 aliphatic rings. The Labute approximate surface area is 199 Å². The molecule has 8 N–H and O–H groups in total. The number of hydrogen-bond donors (Lipinski definition) is 8. The van der Waals surface area contributed by atoms with Crippen LogP contribution in [-0.4, -0.2) is 131 Å². The summed E-state index contributed by atoms with van der Waals surface area (Å²) in [6, 6.07) is 0. The van der Waals surface area contributed by atoms with E-state index in [1.54, 1.807) is 0 Å². The third kappa shape index (κ3) is 8.46. The van der Waals surface area contributed by atoms with E-state index in [-0.39, 0.29) is 37.8 Å². The fraction of sp³-hybridized carbons (Fsp3) is 1.00. The van der Waals surface area contributed by atoms with Crippen molar-refractivity contribution >= 4 is 12.4 Å². The monoisotopic (exact) mass is 502 g/mol. The minimum Gasteiger partial charge on any atom is -0.387 e. The minimum absolute atomic E-state index is 0. The summed E-state index contributed by atoms with van der Waals surface area (Å²) in [5.41, 5.74) is 0. The first-order chi connectivity index (χ1) is 15.4. The zero-order chi connectivity index (χ0) is 23.1. The van der Waals surface area contributed by atoms with Crippen LogP contribution >= 0.6 is 12.4 Å². The molecule has 12 nitrogen and oxygen atoms in total. The lowest BCUT2D eigenvalue weighted by molar-refractivity contribution is -0.142. The van der Waals surface area contributed by atoms with E-state index < -0.39 is 49.2 Å². The van der Waals surface area contributed by atoms with Crippen molar-refractivity contribution < 1.29 is 49.6 Å². The van der Waals surface area contributed by atoms with Gasteiger partial charge in [0.1, 0.15) is 36.6 Å². The molecule has 0 aromatic rings. The zero-order valence-corrected chi connectivity index (χ0v) is 19.4. The lowest BCUT2D eigenvalue weighted by Gasteiger charge is -2.25. The van der Waals surface area contributed by atoms with Crippen LogP contribution in [0.2, 0.25) is 0 Å². The number of rotatable bonds is 6. The first-order valence-electron chi connectivity index (χ1n) is 11.4. The molecule has 13 heteroatoms. The van der Waals surface area contributed by atoms with Crippen molar-refractivity contribution in [2.24, 2.45) is 0 Å². The van der Waals surface area contributed by atoms with Crippen LogP contribution in [0.3, 0.4) is 0 Å². The van der Waals surface area contributed by atoms with Gasteiger partial charge in [0.25, 0.3) is 0 Å². The van der Waals surface area contributed by atoms with E-state index >= 15 is 0 Å². The molecule has 10 atom stereocenters. The maximum Gasteiger partial charge on any atom is 0.184 e. The van der Waals surface area contributed by atoms with Crippen molar-refractivity contribution in [1.82, 2.24) is 10.6 Å². The Morgan fingerprint density at radius 1 is 0.636 bits per heavy atom. The fourth-order valence-corrected chi connectivity index (χ4v) is 4.12. The first-order valence-corrected chi connectivity index (χ1v) is 11.4. The van der Waals surface area contributed by atoms with E-state index in [1.807, 2.05) is 0 Å². The van der Waals surface area contributed by atoms with E-state index in [0.29, 0.717) is 0 Å². The van der Waals surface area contributed by atoms with Gasteiger partial charge >= 0.3 is 0 Å². The molecule has 0 aliphatic carbocycles. The van der Waals surface area contributed by atoms with Gasteiger partial charge in [0.05, 0.1) is 25.4 Å². The quantitative estimate of drug-likeness (QED) is 0.182. The molecule has 196 valence electrons. The SMILES string of the molecule is Cl.OC1OC(COC2CCCNC2)C(O)C1O.OC1OC(COC2CCCNC2)C(O)C1O. The highest BCUT2D eigenvalue weighted by Crippen LogP contribution is 2.21. The van der Waals surface area contributed by atoms with E-state index in [9.17, 15) is 30.6 Å². The summed E-state index contributed by atoms with van der Waals surface area (Å²) in [7, 11) is 0. The van der Waals surface area contributed by atoms with Gasteiger partial charge in [-0.3, -0.25) is 0 Å². The third-order valence-electron chi connectivity index (χ3n) is 6.17. The van der Waals surface area contributed by atoms with Gasteiger partial charge in [0.15, 0.2) is 12.6 Å². The maximum absolute atomic E-state index is 9.53. The normalized spacial score (nSPS) is 43.5. The summed E-state index contributed by atoms with van der Waals surface area (Å²) < 4.78 is 21.1. The van der Waals surface area contributed by atoms with E-state index in [4.69, 9.17) is 18.9 Å². The van der Waals surface area contributed by atoms with Crippen LogP contribution in [0.4, 0.5) is 0 Å². The molecule has 0 aromatic heterocycles. The Morgan fingerprint density at radius 2 is 1.03 bits per heavy atom. The molecule has 0 aromatic carbocycles. The molecule has 0 radical (unpaired) electrons. The van der Waals surface area contributed by atoms with Crippen LogP contribution < -0.4 is 10.6 Å². The minimum atomic E-state index is -1.31. The summed E-state index contributed by atoms with van der Waals surface area (Å²) >= 11 is 0. The molecule has 4 aliphatic heterocycles. The molecule has 33 heavy (non-hydrogen) atoms. The summed E-state index contributed by atoms with van der Waals surface area (Å²) in [6.45, 7) is 4.02. The summed E-state index contributed by atoms with van der Waals surface area (Å²) in [5.74, 6) is 0. The molecule has 4 heterocycles. The van der Waals surface area contributed by atoms with Crippen LogP contribution in [0.1, 0.15) is 25.7 Å². The number of nitrogens with one attached hydrogen (secondary N) is 2. The Bertz CT molecular complexity index is 495. The van der Waals surface area contributed by atoms with Gasteiger partial charge in [0.2, 0.25) is 0 Å². The molecule has 4 rings (SSSR count). The second-order valence-electron chi connectivity index (χ2n) is 8.70. The van der Waals surface area contributed by atoms with Crippen molar-refractivity contribution in [3.8, 4) is 0 Å². The van der Waals surface area contributed by atoms with Gasteiger partial charge in [-0.2, -0.15) is 0 Å². The van der Waals surface area contributed by atoms with Crippen LogP contribution in [0.15, 0.2) is 0 Å². The lowest BCUT2D eigenvalue weighted by atomic mass is 10.1. The number of piperidine rings is 2. The van der Waals surface area contributed by atoms with Gasteiger partial charge < -0.3 is 60.2 Å². The Hall–Kier alpha value is -0.190. The van der Waals surface area contributed by atoms with E-state index in [0.717, 1.165) is 51.9 Å². The number of ether oxygens (including phenoxy) is 4. The van der Waals surface area contributed by atoms with Gasteiger partial charge in [-0.15, -0.1) is 12.4 Å². The Morgan fingerprint density at radius 3 is 1.30 bits per heavy atom. The van der Waals surface area contributed by atoms with Crippen molar-refractivity contribution in [3.63, 3.8) is 0 Å².